The number of hydrogen-bond donors (Lipinski definition) is 1. The molecule has 0 amide bonds. The first-order chi connectivity index (χ1) is 7.95. The molecule has 0 aromatic carbocycles. The van der Waals surface area contributed by atoms with E-state index in [1.807, 2.05) is 31.7 Å². The number of nitrogens with zero attached hydrogens (tertiary/aromatic N) is 1. The summed E-state index contributed by atoms with van der Waals surface area (Å²) in [6, 6.07) is 1.96. The summed E-state index contributed by atoms with van der Waals surface area (Å²) in [5.41, 5.74) is 1.03. The number of aliphatic carboxylic acids is 1. The van der Waals surface area contributed by atoms with E-state index >= 15 is 0 Å². The lowest BCUT2D eigenvalue weighted by molar-refractivity contribution is -0.138. The van der Waals surface area contributed by atoms with Crippen LogP contribution in [0.1, 0.15) is 30.0 Å². The van der Waals surface area contributed by atoms with E-state index in [1.54, 1.807) is 6.08 Å². The lowest BCUT2D eigenvalue weighted by atomic mass is 10.1. The zero-order valence-electron chi connectivity index (χ0n) is 10.6. The summed E-state index contributed by atoms with van der Waals surface area (Å²) in [5, 5.41) is 8.88. The van der Waals surface area contributed by atoms with Crippen molar-refractivity contribution in [1.82, 2.24) is 4.90 Å². The maximum atomic E-state index is 10.8. The van der Waals surface area contributed by atoms with Gasteiger partial charge in [0.05, 0.1) is 6.54 Å². The van der Waals surface area contributed by atoms with Crippen LogP contribution in [0.4, 0.5) is 0 Å². The predicted octanol–water partition coefficient (Wildman–Crippen LogP) is 2.53. The summed E-state index contributed by atoms with van der Waals surface area (Å²) in [7, 11) is 0. The Morgan fingerprint density at radius 2 is 2.29 bits per heavy atom. The number of carboxylic acid groups (broad SMARTS) is 1. The minimum Gasteiger partial charge on any atom is -0.480 e. The quantitative estimate of drug-likeness (QED) is 0.772. The normalized spacial score (nSPS) is 12.7. The van der Waals surface area contributed by atoms with Crippen LogP contribution in [0.2, 0.25) is 0 Å². The fourth-order valence-electron chi connectivity index (χ4n) is 1.96. The molecule has 94 valence electrons. The number of carbonyl (C=O) groups is 1. The largest absolute Gasteiger partial charge is 0.480 e. The van der Waals surface area contributed by atoms with Gasteiger partial charge in [0.1, 0.15) is 11.5 Å². The summed E-state index contributed by atoms with van der Waals surface area (Å²) in [4.78, 5) is 12.7. The first-order valence-corrected chi connectivity index (χ1v) is 5.59. The standard InChI is InChI=1S/C13H19NO3/c1-5-6-14(8-13(15)16)10(3)12-7-9(2)17-11(12)4/h5,7,10H,1,6,8H2,2-4H3,(H,15,16). The molecular weight excluding hydrogens is 218 g/mol. The molecule has 0 fully saturated rings. The highest BCUT2D eigenvalue weighted by molar-refractivity contribution is 5.69. The molecule has 1 aromatic heterocycles. The van der Waals surface area contributed by atoms with Gasteiger partial charge in [-0.3, -0.25) is 9.69 Å². The van der Waals surface area contributed by atoms with E-state index in [0.29, 0.717) is 6.54 Å². The minimum atomic E-state index is -0.837. The van der Waals surface area contributed by atoms with Crippen molar-refractivity contribution < 1.29 is 14.3 Å². The van der Waals surface area contributed by atoms with Gasteiger partial charge < -0.3 is 9.52 Å². The summed E-state index contributed by atoms with van der Waals surface area (Å²) in [6.07, 6.45) is 1.71. The maximum absolute atomic E-state index is 10.8. The molecule has 0 bridgehead atoms. The van der Waals surface area contributed by atoms with Gasteiger partial charge in [0.25, 0.3) is 0 Å². The van der Waals surface area contributed by atoms with Crippen LogP contribution >= 0.6 is 0 Å². The Bertz CT molecular complexity index is 409. The minimum absolute atomic E-state index is 0.00144. The number of carboxylic acids is 1. The molecule has 17 heavy (non-hydrogen) atoms. The van der Waals surface area contributed by atoms with Gasteiger partial charge in [0.2, 0.25) is 0 Å². The molecular formula is C13H19NO3. The smallest absolute Gasteiger partial charge is 0.317 e. The van der Waals surface area contributed by atoms with E-state index in [1.165, 1.54) is 0 Å². The van der Waals surface area contributed by atoms with Gasteiger partial charge in [0.15, 0.2) is 0 Å². The monoisotopic (exact) mass is 237 g/mol. The van der Waals surface area contributed by atoms with Crippen LogP contribution in [0.3, 0.4) is 0 Å². The Balaban J connectivity index is 2.90. The number of furan rings is 1. The fourth-order valence-corrected chi connectivity index (χ4v) is 1.96. The number of hydrogen-bond acceptors (Lipinski definition) is 3. The van der Waals surface area contributed by atoms with Gasteiger partial charge in [-0.1, -0.05) is 6.08 Å². The van der Waals surface area contributed by atoms with Gasteiger partial charge in [-0.2, -0.15) is 0 Å². The highest BCUT2D eigenvalue weighted by atomic mass is 16.4. The lowest BCUT2D eigenvalue weighted by Gasteiger charge is -2.25. The highest BCUT2D eigenvalue weighted by Crippen LogP contribution is 2.25. The van der Waals surface area contributed by atoms with E-state index in [9.17, 15) is 4.79 Å². The van der Waals surface area contributed by atoms with Crippen LogP contribution < -0.4 is 0 Å². The van der Waals surface area contributed by atoms with Crippen LogP contribution in [-0.4, -0.2) is 29.1 Å². The summed E-state index contributed by atoms with van der Waals surface area (Å²) < 4.78 is 5.47. The van der Waals surface area contributed by atoms with Crippen molar-refractivity contribution in [1.29, 1.82) is 0 Å². The summed E-state index contributed by atoms with van der Waals surface area (Å²) in [5.74, 6) is 0.851. The molecule has 4 nitrogen and oxygen atoms in total. The third-order valence-electron chi connectivity index (χ3n) is 2.78. The average molecular weight is 237 g/mol. The Kier molecular flexibility index (Phi) is 4.52. The van der Waals surface area contributed by atoms with Crippen molar-refractivity contribution in [3.63, 3.8) is 0 Å². The molecule has 0 spiro atoms. The molecule has 0 saturated carbocycles. The molecule has 1 rings (SSSR count). The topological polar surface area (TPSA) is 53.7 Å². The van der Waals surface area contributed by atoms with Crippen LogP contribution in [0.25, 0.3) is 0 Å². The van der Waals surface area contributed by atoms with E-state index < -0.39 is 5.97 Å². The third kappa shape index (κ3) is 3.46. The molecule has 1 N–H and O–H groups in total. The first-order valence-electron chi connectivity index (χ1n) is 5.59. The Hall–Kier alpha value is -1.55. The van der Waals surface area contributed by atoms with Crippen LogP contribution in [-0.2, 0) is 4.79 Å². The molecule has 1 unspecified atom stereocenters. The van der Waals surface area contributed by atoms with Crippen molar-refractivity contribution in [2.75, 3.05) is 13.1 Å². The number of aryl methyl sites for hydroxylation is 2. The number of rotatable bonds is 6. The van der Waals surface area contributed by atoms with Gasteiger partial charge in [-0.15, -0.1) is 6.58 Å². The zero-order valence-corrected chi connectivity index (χ0v) is 10.6. The molecule has 0 aliphatic rings. The molecule has 1 atom stereocenters. The Morgan fingerprint density at radius 1 is 1.65 bits per heavy atom. The van der Waals surface area contributed by atoms with Crippen molar-refractivity contribution in [3.05, 3.63) is 35.8 Å². The second-order valence-electron chi connectivity index (χ2n) is 4.16. The van der Waals surface area contributed by atoms with Crippen LogP contribution in [0, 0.1) is 13.8 Å². The Morgan fingerprint density at radius 3 is 2.71 bits per heavy atom. The molecule has 4 heteroatoms. The van der Waals surface area contributed by atoms with E-state index in [2.05, 4.69) is 6.58 Å². The van der Waals surface area contributed by atoms with E-state index in [4.69, 9.17) is 9.52 Å². The van der Waals surface area contributed by atoms with Gasteiger partial charge in [0, 0.05) is 18.2 Å². The molecule has 0 saturated heterocycles. The van der Waals surface area contributed by atoms with Crippen molar-refractivity contribution in [3.8, 4) is 0 Å². The van der Waals surface area contributed by atoms with Crippen molar-refractivity contribution in [2.24, 2.45) is 0 Å². The molecule has 1 heterocycles. The average Bonchev–Trinajstić information content (AvgIpc) is 2.55. The van der Waals surface area contributed by atoms with Gasteiger partial charge in [-0.05, 0) is 26.8 Å². The van der Waals surface area contributed by atoms with E-state index in [0.717, 1.165) is 17.1 Å². The van der Waals surface area contributed by atoms with E-state index in [-0.39, 0.29) is 12.6 Å². The molecule has 0 radical (unpaired) electrons. The second-order valence-corrected chi connectivity index (χ2v) is 4.16. The summed E-state index contributed by atoms with van der Waals surface area (Å²) >= 11 is 0. The highest BCUT2D eigenvalue weighted by Gasteiger charge is 2.20. The second kappa shape index (κ2) is 5.68. The van der Waals surface area contributed by atoms with Gasteiger partial charge in [-0.25, -0.2) is 0 Å². The zero-order chi connectivity index (χ0) is 13.0. The lowest BCUT2D eigenvalue weighted by Crippen LogP contribution is -2.32. The van der Waals surface area contributed by atoms with Crippen molar-refractivity contribution in [2.45, 2.75) is 26.8 Å². The van der Waals surface area contributed by atoms with Crippen LogP contribution in [0.5, 0.6) is 0 Å². The molecule has 0 aliphatic heterocycles. The maximum Gasteiger partial charge on any atom is 0.317 e. The summed E-state index contributed by atoms with van der Waals surface area (Å²) in [6.45, 7) is 9.95. The van der Waals surface area contributed by atoms with Crippen LogP contribution in [0.15, 0.2) is 23.1 Å². The predicted molar refractivity (Wildman–Crippen MR) is 66.0 cm³/mol. The SMILES string of the molecule is C=CCN(CC(=O)O)C(C)c1cc(C)oc1C. The third-order valence-corrected chi connectivity index (χ3v) is 2.78. The van der Waals surface area contributed by atoms with Gasteiger partial charge >= 0.3 is 5.97 Å². The molecule has 0 aliphatic carbocycles. The van der Waals surface area contributed by atoms with Crippen molar-refractivity contribution >= 4 is 5.97 Å². The fraction of sp³-hybridized carbons (Fsp3) is 0.462. The Labute approximate surface area is 102 Å². The molecule has 1 aromatic rings. The first kappa shape index (κ1) is 13.5.